The van der Waals surface area contributed by atoms with Gasteiger partial charge in [-0.2, -0.15) is 0 Å². The standard InChI is InChI=1S/C15H21N3O3/c1-16(13-5-3-2-4-6-13)14(20)15(21)18-9-7-17(8-10-18)11-12-19/h2-6,19H,7-12H2,1H3. The number of carbonyl (C=O) groups is 2. The maximum atomic E-state index is 12.2. The lowest BCUT2D eigenvalue weighted by molar-refractivity contribution is -0.145. The van der Waals surface area contributed by atoms with Crippen molar-refractivity contribution in [2.24, 2.45) is 0 Å². The third-order valence-electron chi connectivity index (χ3n) is 3.71. The second-order valence-electron chi connectivity index (χ2n) is 5.06. The first-order valence-electron chi connectivity index (χ1n) is 7.08. The van der Waals surface area contributed by atoms with Crippen molar-refractivity contribution in [3.05, 3.63) is 30.3 Å². The molecule has 6 heteroatoms. The Morgan fingerprint density at radius 3 is 2.33 bits per heavy atom. The van der Waals surface area contributed by atoms with Crippen molar-refractivity contribution in [2.75, 3.05) is 51.3 Å². The number of carbonyl (C=O) groups excluding carboxylic acids is 2. The summed E-state index contributed by atoms with van der Waals surface area (Å²) in [4.78, 5) is 29.5. The van der Waals surface area contributed by atoms with Crippen LogP contribution in [-0.4, -0.2) is 73.1 Å². The predicted molar refractivity (Wildman–Crippen MR) is 80.0 cm³/mol. The van der Waals surface area contributed by atoms with Gasteiger partial charge in [0.05, 0.1) is 6.61 Å². The van der Waals surface area contributed by atoms with E-state index >= 15 is 0 Å². The molecule has 0 aliphatic carbocycles. The second-order valence-corrected chi connectivity index (χ2v) is 5.06. The highest BCUT2D eigenvalue weighted by Gasteiger charge is 2.28. The number of benzene rings is 1. The van der Waals surface area contributed by atoms with Gasteiger partial charge in [-0.1, -0.05) is 18.2 Å². The van der Waals surface area contributed by atoms with E-state index in [1.54, 1.807) is 24.1 Å². The van der Waals surface area contributed by atoms with Crippen LogP contribution in [0.3, 0.4) is 0 Å². The highest BCUT2D eigenvalue weighted by Crippen LogP contribution is 2.12. The van der Waals surface area contributed by atoms with Crippen LogP contribution in [0.4, 0.5) is 5.69 Å². The number of rotatable bonds is 3. The first-order valence-corrected chi connectivity index (χ1v) is 7.08. The van der Waals surface area contributed by atoms with Gasteiger partial charge in [0.1, 0.15) is 0 Å². The molecule has 2 rings (SSSR count). The Hall–Kier alpha value is -1.92. The zero-order valence-electron chi connectivity index (χ0n) is 12.2. The van der Waals surface area contributed by atoms with E-state index in [2.05, 4.69) is 4.90 Å². The van der Waals surface area contributed by atoms with Crippen molar-refractivity contribution in [3.63, 3.8) is 0 Å². The quantitative estimate of drug-likeness (QED) is 0.783. The van der Waals surface area contributed by atoms with Crippen LogP contribution in [0.15, 0.2) is 30.3 Å². The van der Waals surface area contributed by atoms with Crippen LogP contribution in [0, 0.1) is 0 Å². The van der Waals surface area contributed by atoms with Crippen LogP contribution in [-0.2, 0) is 9.59 Å². The summed E-state index contributed by atoms with van der Waals surface area (Å²) < 4.78 is 0. The zero-order valence-corrected chi connectivity index (χ0v) is 12.2. The molecular formula is C15H21N3O3. The number of likely N-dealkylation sites (N-methyl/N-ethyl adjacent to an activating group) is 1. The molecule has 0 spiro atoms. The molecule has 114 valence electrons. The Balaban J connectivity index is 1.93. The van der Waals surface area contributed by atoms with Crippen molar-refractivity contribution in [1.29, 1.82) is 0 Å². The summed E-state index contributed by atoms with van der Waals surface area (Å²) >= 11 is 0. The number of piperazine rings is 1. The third-order valence-corrected chi connectivity index (χ3v) is 3.71. The van der Waals surface area contributed by atoms with Gasteiger partial charge in [-0.15, -0.1) is 0 Å². The van der Waals surface area contributed by atoms with E-state index in [1.165, 1.54) is 4.90 Å². The minimum absolute atomic E-state index is 0.115. The minimum Gasteiger partial charge on any atom is -0.395 e. The molecule has 0 unspecified atom stereocenters. The van der Waals surface area contributed by atoms with E-state index in [1.807, 2.05) is 18.2 Å². The summed E-state index contributed by atoms with van der Waals surface area (Å²) in [5.74, 6) is -0.984. The normalized spacial score (nSPS) is 15.8. The minimum atomic E-state index is -0.517. The van der Waals surface area contributed by atoms with Crippen molar-refractivity contribution in [2.45, 2.75) is 0 Å². The molecule has 2 amide bonds. The smallest absolute Gasteiger partial charge is 0.316 e. The van der Waals surface area contributed by atoms with Gasteiger partial charge in [0, 0.05) is 45.5 Å². The lowest BCUT2D eigenvalue weighted by Crippen LogP contribution is -2.53. The van der Waals surface area contributed by atoms with Gasteiger partial charge in [-0.3, -0.25) is 14.5 Å². The number of aliphatic hydroxyl groups is 1. The molecular weight excluding hydrogens is 270 g/mol. The molecule has 1 N–H and O–H groups in total. The number of para-hydroxylation sites is 1. The summed E-state index contributed by atoms with van der Waals surface area (Å²) in [6.07, 6.45) is 0. The summed E-state index contributed by atoms with van der Waals surface area (Å²) in [5, 5.41) is 8.90. The summed E-state index contributed by atoms with van der Waals surface area (Å²) in [7, 11) is 1.61. The van der Waals surface area contributed by atoms with Crippen LogP contribution in [0.25, 0.3) is 0 Å². The van der Waals surface area contributed by atoms with Gasteiger partial charge in [-0.25, -0.2) is 0 Å². The lowest BCUT2D eigenvalue weighted by atomic mass is 10.2. The molecule has 0 aromatic heterocycles. The zero-order chi connectivity index (χ0) is 15.2. The summed E-state index contributed by atoms with van der Waals surface area (Å²) in [5.41, 5.74) is 0.703. The van der Waals surface area contributed by atoms with Crippen LogP contribution in [0.5, 0.6) is 0 Å². The Morgan fingerprint density at radius 2 is 1.76 bits per heavy atom. The lowest BCUT2D eigenvalue weighted by Gasteiger charge is -2.34. The molecule has 21 heavy (non-hydrogen) atoms. The number of hydrogen-bond donors (Lipinski definition) is 1. The van der Waals surface area contributed by atoms with Crippen LogP contribution < -0.4 is 4.90 Å². The van der Waals surface area contributed by atoms with E-state index in [-0.39, 0.29) is 6.61 Å². The van der Waals surface area contributed by atoms with E-state index in [0.717, 1.165) is 0 Å². The Kier molecular flexibility index (Phi) is 5.30. The molecule has 6 nitrogen and oxygen atoms in total. The Labute approximate surface area is 124 Å². The monoisotopic (exact) mass is 291 g/mol. The predicted octanol–water partition coefficient (Wildman–Crippen LogP) is -0.214. The Morgan fingerprint density at radius 1 is 1.14 bits per heavy atom. The first kappa shape index (κ1) is 15.5. The van der Waals surface area contributed by atoms with Crippen LogP contribution >= 0.6 is 0 Å². The topological polar surface area (TPSA) is 64.1 Å². The van der Waals surface area contributed by atoms with Crippen LogP contribution in [0.1, 0.15) is 0 Å². The van der Waals surface area contributed by atoms with Gasteiger partial charge < -0.3 is 14.9 Å². The van der Waals surface area contributed by atoms with E-state index in [4.69, 9.17) is 5.11 Å². The van der Waals surface area contributed by atoms with Crippen molar-refractivity contribution < 1.29 is 14.7 Å². The average Bonchev–Trinajstić information content (AvgIpc) is 2.54. The molecule has 0 atom stereocenters. The fraction of sp³-hybridized carbons (Fsp3) is 0.467. The highest BCUT2D eigenvalue weighted by atomic mass is 16.3. The molecule has 1 aliphatic rings. The molecule has 1 aliphatic heterocycles. The second kappa shape index (κ2) is 7.19. The molecule has 1 heterocycles. The fourth-order valence-corrected chi connectivity index (χ4v) is 2.36. The van der Waals surface area contributed by atoms with Gasteiger partial charge in [0.15, 0.2) is 0 Å². The molecule has 0 bridgehead atoms. The largest absolute Gasteiger partial charge is 0.395 e. The third kappa shape index (κ3) is 3.80. The van der Waals surface area contributed by atoms with E-state index in [0.29, 0.717) is 38.4 Å². The number of aliphatic hydroxyl groups excluding tert-OH is 1. The number of β-amino-alcohol motifs (C(OH)–C–C–N with tert-alkyl or cyclic N) is 1. The number of hydrogen-bond acceptors (Lipinski definition) is 4. The summed E-state index contributed by atoms with van der Waals surface area (Å²) in [6, 6.07) is 9.12. The van der Waals surface area contributed by atoms with Gasteiger partial charge >= 0.3 is 11.8 Å². The van der Waals surface area contributed by atoms with Crippen molar-refractivity contribution in [3.8, 4) is 0 Å². The first-order chi connectivity index (χ1) is 10.1. The van der Waals surface area contributed by atoms with Crippen LogP contribution in [0.2, 0.25) is 0 Å². The van der Waals surface area contributed by atoms with E-state index < -0.39 is 11.8 Å². The summed E-state index contributed by atoms with van der Waals surface area (Å²) in [6.45, 7) is 3.15. The van der Waals surface area contributed by atoms with Crippen molar-refractivity contribution in [1.82, 2.24) is 9.80 Å². The average molecular weight is 291 g/mol. The van der Waals surface area contributed by atoms with Gasteiger partial charge in [0.2, 0.25) is 0 Å². The maximum absolute atomic E-state index is 12.2. The van der Waals surface area contributed by atoms with Crippen molar-refractivity contribution >= 4 is 17.5 Å². The molecule has 1 aromatic carbocycles. The molecule has 1 saturated heterocycles. The maximum Gasteiger partial charge on any atom is 0.316 e. The molecule has 0 radical (unpaired) electrons. The SMILES string of the molecule is CN(C(=O)C(=O)N1CCN(CCO)CC1)c1ccccc1. The molecule has 0 saturated carbocycles. The fourth-order valence-electron chi connectivity index (χ4n) is 2.36. The van der Waals surface area contributed by atoms with E-state index in [9.17, 15) is 9.59 Å². The number of anilines is 1. The molecule has 1 aromatic rings. The number of nitrogens with zero attached hydrogens (tertiary/aromatic N) is 3. The van der Waals surface area contributed by atoms with Gasteiger partial charge in [-0.05, 0) is 12.1 Å². The van der Waals surface area contributed by atoms with Gasteiger partial charge in [0.25, 0.3) is 0 Å². The molecule has 1 fully saturated rings. The highest BCUT2D eigenvalue weighted by molar-refractivity contribution is 6.40. The Bertz CT molecular complexity index is 484. The number of amides is 2.